The second-order valence-electron chi connectivity index (χ2n) is 14.4. The van der Waals surface area contributed by atoms with Gasteiger partial charge in [0.15, 0.2) is 5.58 Å². The number of para-hydroxylation sites is 2. The van der Waals surface area contributed by atoms with Crippen molar-refractivity contribution in [1.29, 1.82) is 0 Å². The van der Waals surface area contributed by atoms with Crippen molar-refractivity contribution in [1.82, 2.24) is 4.98 Å². The summed E-state index contributed by atoms with van der Waals surface area (Å²) >= 11 is 0. The lowest BCUT2D eigenvalue weighted by Gasteiger charge is -2.27. The van der Waals surface area contributed by atoms with Crippen molar-refractivity contribution in [2.24, 2.45) is 0 Å². The van der Waals surface area contributed by atoms with Gasteiger partial charge in [-0.15, -0.1) is 0 Å². The van der Waals surface area contributed by atoms with E-state index in [0.29, 0.717) is 5.89 Å². The van der Waals surface area contributed by atoms with Crippen LogP contribution in [0.3, 0.4) is 0 Å². The SMILES string of the molecule is c1ccc(-c2cccc(N(c3ccc(-c4cccc5oc(-c6ccc7c(c6)oc6ccccc67)nc45)cc3)c3cccc(-c4ccc5ccccc5c4)c3)c2)cc1. The first-order valence-corrected chi connectivity index (χ1v) is 19.2. The van der Waals surface area contributed by atoms with Gasteiger partial charge in [0.2, 0.25) is 5.89 Å². The van der Waals surface area contributed by atoms with Gasteiger partial charge in [0.05, 0.1) is 0 Å². The van der Waals surface area contributed by atoms with Crippen LogP contribution in [0, 0.1) is 0 Å². The molecule has 0 amide bonds. The molecule has 0 radical (unpaired) electrons. The number of hydrogen-bond acceptors (Lipinski definition) is 4. The molecule has 11 rings (SSSR count). The van der Waals surface area contributed by atoms with Crippen LogP contribution in [-0.2, 0) is 0 Å². The molecule has 9 aromatic carbocycles. The Kier molecular flexibility index (Phi) is 7.78. The van der Waals surface area contributed by atoms with Crippen LogP contribution in [0.1, 0.15) is 0 Å². The molecule has 0 spiro atoms. The van der Waals surface area contributed by atoms with Crippen LogP contribution < -0.4 is 4.90 Å². The van der Waals surface area contributed by atoms with Gasteiger partial charge in [-0.2, -0.15) is 0 Å². The number of nitrogens with zero attached hydrogens (tertiary/aromatic N) is 2. The standard InChI is InChI=1S/C53H34N2O2/c1-2-11-35(12-3-1)39-15-8-17-44(32-39)55(45-18-9-16-40(33-45)41-24-23-36-13-4-5-14-38(36)31-41)43-28-25-37(26-29-43)46-20-10-22-50-52(46)54-53(57-50)42-27-30-48-47-19-6-7-21-49(47)56-51(48)34-42/h1-34H. The lowest BCUT2D eigenvalue weighted by Crippen LogP contribution is -2.10. The van der Waals surface area contributed by atoms with E-state index < -0.39 is 0 Å². The maximum atomic E-state index is 6.37. The van der Waals surface area contributed by atoms with Crippen LogP contribution in [0.25, 0.3) is 88.6 Å². The van der Waals surface area contributed by atoms with Gasteiger partial charge in [-0.05, 0) is 111 Å². The second kappa shape index (κ2) is 13.6. The summed E-state index contributed by atoms with van der Waals surface area (Å²) in [4.78, 5) is 7.39. The molecule has 0 atom stereocenters. The normalized spacial score (nSPS) is 11.5. The zero-order chi connectivity index (χ0) is 37.7. The minimum atomic E-state index is 0.562. The molecule has 0 saturated heterocycles. The molecule has 4 heteroatoms. The predicted molar refractivity (Wildman–Crippen MR) is 235 cm³/mol. The third-order valence-electron chi connectivity index (χ3n) is 10.9. The average Bonchev–Trinajstić information content (AvgIpc) is 3.89. The fraction of sp³-hybridized carbons (Fsp3) is 0. The van der Waals surface area contributed by atoms with Crippen molar-refractivity contribution < 1.29 is 8.83 Å². The summed E-state index contributed by atoms with van der Waals surface area (Å²) in [5.74, 6) is 0.562. The number of aromatic nitrogens is 1. The van der Waals surface area contributed by atoms with Gasteiger partial charge < -0.3 is 13.7 Å². The molecular weight excluding hydrogens is 697 g/mol. The zero-order valence-corrected chi connectivity index (χ0v) is 30.8. The molecule has 4 nitrogen and oxygen atoms in total. The Labute approximate surface area is 329 Å². The lowest BCUT2D eigenvalue weighted by atomic mass is 10.00. The van der Waals surface area contributed by atoms with E-state index in [-0.39, 0.29) is 0 Å². The Morgan fingerprint density at radius 3 is 1.77 bits per heavy atom. The Morgan fingerprint density at radius 2 is 0.947 bits per heavy atom. The highest BCUT2D eigenvalue weighted by atomic mass is 16.3. The third kappa shape index (κ3) is 5.92. The van der Waals surface area contributed by atoms with Gasteiger partial charge >= 0.3 is 0 Å². The fourth-order valence-corrected chi connectivity index (χ4v) is 8.05. The minimum absolute atomic E-state index is 0.562. The van der Waals surface area contributed by atoms with Gasteiger partial charge in [-0.3, -0.25) is 0 Å². The maximum Gasteiger partial charge on any atom is 0.227 e. The van der Waals surface area contributed by atoms with E-state index in [4.69, 9.17) is 13.8 Å². The van der Waals surface area contributed by atoms with Crippen LogP contribution in [0.2, 0.25) is 0 Å². The molecule has 0 aliphatic rings. The third-order valence-corrected chi connectivity index (χ3v) is 10.9. The first-order valence-electron chi connectivity index (χ1n) is 19.2. The molecule has 0 N–H and O–H groups in total. The number of oxazole rings is 1. The minimum Gasteiger partial charge on any atom is -0.456 e. The largest absolute Gasteiger partial charge is 0.456 e. The van der Waals surface area contributed by atoms with Crippen molar-refractivity contribution in [3.63, 3.8) is 0 Å². The molecule has 0 fully saturated rings. The molecule has 0 unspecified atom stereocenters. The molecule has 11 aromatic rings. The van der Waals surface area contributed by atoms with Gasteiger partial charge in [-0.25, -0.2) is 4.98 Å². The van der Waals surface area contributed by atoms with E-state index in [1.807, 2.05) is 36.4 Å². The van der Waals surface area contributed by atoms with Crippen molar-refractivity contribution in [2.75, 3.05) is 4.90 Å². The molecule has 0 bridgehead atoms. The molecule has 0 aliphatic heterocycles. The zero-order valence-electron chi connectivity index (χ0n) is 30.8. The van der Waals surface area contributed by atoms with E-state index in [1.54, 1.807) is 0 Å². The molecular formula is C53H34N2O2. The number of fused-ring (bicyclic) bond motifs is 5. The smallest absolute Gasteiger partial charge is 0.227 e. The molecule has 0 saturated carbocycles. The van der Waals surface area contributed by atoms with Crippen molar-refractivity contribution in [2.45, 2.75) is 0 Å². The Balaban J connectivity index is 0.984. The van der Waals surface area contributed by atoms with Crippen LogP contribution in [-0.4, -0.2) is 4.98 Å². The van der Waals surface area contributed by atoms with E-state index >= 15 is 0 Å². The monoisotopic (exact) mass is 730 g/mol. The number of benzene rings is 9. The summed E-state index contributed by atoms with van der Waals surface area (Å²) in [5, 5.41) is 4.64. The molecule has 268 valence electrons. The Hall–Kier alpha value is -7.69. The average molecular weight is 731 g/mol. The molecule has 2 heterocycles. The Bertz CT molecular complexity index is 3250. The number of hydrogen-bond donors (Lipinski definition) is 0. The van der Waals surface area contributed by atoms with E-state index in [9.17, 15) is 0 Å². The summed E-state index contributed by atoms with van der Waals surface area (Å²) < 4.78 is 12.6. The van der Waals surface area contributed by atoms with E-state index in [0.717, 1.165) is 77.9 Å². The van der Waals surface area contributed by atoms with Crippen molar-refractivity contribution >= 4 is 60.9 Å². The summed E-state index contributed by atoms with van der Waals surface area (Å²) in [6, 6.07) is 72.5. The summed E-state index contributed by atoms with van der Waals surface area (Å²) in [6.07, 6.45) is 0. The van der Waals surface area contributed by atoms with Crippen LogP contribution in [0.5, 0.6) is 0 Å². The number of anilines is 3. The van der Waals surface area contributed by atoms with Gasteiger partial charge in [-0.1, -0.05) is 133 Å². The fourth-order valence-electron chi connectivity index (χ4n) is 8.05. The first-order chi connectivity index (χ1) is 28.2. The second-order valence-corrected chi connectivity index (χ2v) is 14.4. The lowest BCUT2D eigenvalue weighted by molar-refractivity contribution is 0.619. The summed E-state index contributed by atoms with van der Waals surface area (Å²) in [5.41, 5.74) is 14.1. The predicted octanol–water partition coefficient (Wildman–Crippen LogP) is 15.0. The van der Waals surface area contributed by atoms with Gasteiger partial charge in [0.1, 0.15) is 16.7 Å². The summed E-state index contributed by atoms with van der Waals surface area (Å²) in [7, 11) is 0. The van der Waals surface area contributed by atoms with Crippen molar-refractivity contribution in [3.05, 3.63) is 206 Å². The van der Waals surface area contributed by atoms with E-state index in [2.05, 4.69) is 175 Å². The van der Waals surface area contributed by atoms with Crippen LogP contribution in [0.4, 0.5) is 17.1 Å². The molecule has 0 aliphatic carbocycles. The highest BCUT2D eigenvalue weighted by Crippen LogP contribution is 2.41. The summed E-state index contributed by atoms with van der Waals surface area (Å²) in [6.45, 7) is 0. The number of furan rings is 1. The highest BCUT2D eigenvalue weighted by Gasteiger charge is 2.18. The molecule has 2 aromatic heterocycles. The van der Waals surface area contributed by atoms with Crippen LogP contribution in [0.15, 0.2) is 215 Å². The van der Waals surface area contributed by atoms with Crippen molar-refractivity contribution in [3.8, 4) is 44.8 Å². The first kappa shape index (κ1) is 32.7. The van der Waals surface area contributed by atoms with Gasteiger partial charge in [0, 0.05) is 39.0 Å². The van der Waals surface area contributed by atoms with E-state index in [1.165, 1.54) is 21.9 Å². The highest BCUT2D eigenvalue weighted by molar-refractivity contribution is 6.06. The topological polar surface area (TPSA) is 42.4 Å². The number of rotatable bonds is 7. The molecule has 57 heavy (non-hydrogen) atoms. The Morgan fingerprint density at radius 1 is 0.333 bits per heavy atom. The van der Waals surface area contributed by atoms with Crippen LogP contribution >= 0.6 is 0 Å². The maximum absolute atomic E-state index is 6.37. The quantitative estimate of drug-likeness (QED) is 0.164. The van der Waals surface area contributed by atoms with Gasteiger partial charge in [0.25, 0.3) is 0 Å².